The Balaban J connectivity index is 1.28. The van der Waals surface area contributed by atoms with Crippen molar-refractivity contribution in [1.82, 2.24) is 19.9 Å². The van der Waals surface area contributed by atoms with Gasteiger partial charge in [0.25, 0.3) is 0 Å². The van der Waals surface area contributed by atoms with Gasteiger partial charge >= 0.3 is 0 Å². The Morgan fingerprint density at radius 3 is 2.54 bits per heavy atom. The lowest BCUT2D eigenvalue weighted by Gasteiger charge is -2.37. The van der Waals surface area contributed by atoms with Gasteiger partial charge in [-0.15, -0.1) is 0 Å². The number of hydrogen-bond donors (Lipinski definition) is 0. The molecule has 140 valence electrons. The molecule has 2 aromatic rings. The number of hydrogen-bond acceptors (Lipinski definition) is 6. The number of aromatic nitrogens is 3. The Bertz CT molecular complexity index is 721. The minimum atomic E-state index is 0.364. The Morgan fingerprint density at radius 1 is 1.04 bits per heavy atom. The summed E-state index contributed by atoms with van der Waals surface area (Å²) >= 11 is 0. The average Bonchev–Trinajstić information content (AvgIpc) is 2.66. The predicted octanol–water partition coefficient (Wildman–Crippen LogP) is 2.74. The van der Waals surface area contributed by atoms with E-state index in [1.54, 1.807) is 12.4 Å². The van der Waals surface area contributed by atoms with Crippen LogP contribution in [0.2, 0.25) is 0 Å². The van der Waals surface area contributed by atoms with Gasteiger partial charge in [0.05, 0.1) is 12.2 Å². The van der Waals surface area contributed by atoms with E-state index in [1.807, 2.05) is 6.07 Å². The number of rotatable bonds is 4. The van der Waals surface area contributed by atoms with Gasteiger partial charge in [0.2, 0.25) is 0 Å². The zero-order valence-corrected chi connectivity index (χ0v) is 15.8. The average molecular weight is 355 g/mol. The van der Waals surface area contributed by atoms with Gasteiger partial charge in [0, 0.05) is 38.6 Å². The molecular weight excluding hydrogens is 326 g/mol. The highest BCUT2D eigenvalue weighted by atomic mass is 16.5. The Kier molecular flexibility index (Phi) is 5.31. The summed E-state index contributed by atoms with van der Waals surface area (Å²) in [5.74, 6) is 1.85. The van der Waals surface area contributed by atoms with Crippen LogP contribution in [0, 0.1) is 5.92 Å². The largest absolute Gasteiger partial charge is 0.373 e. The van der Waals surface area contributed by atoms with Gasteiger partial charge in [-0.25, -0.2) is 9.97 Å². The molecule has 0 amide bonds. The van der Waals surface area contributed by atoms with Crippen LogP contribution in [0.25, 0.3) is 11.2 Å². The fraction of sp³-hybridized carbons (Fsp3) is 0.650. The van der Waals surface area contributed by atoms with E-state index >= 15 is 0 Å². The quantitative estimate of drug-likeness (QED) is 0.841. The Labute approximate surface area is 155 Å². The van der Waals surface area contributed by atoms with Gasteiger partial charge in [-0.05, 0) is 57.7 Å². The number of anilines is 1. The summed E-state index contributed by atoms with van der Waals surface area (Å²) < 4.78 is 5.84. The van der Waals surface area contributed by atoms with Crippen molar-refractivity contribution in [1.29, 1.82) is 0 Å². The summed E-state index contributed by atoms with van der Waals surface area (Å²) in [6.07, 6.45) is 7.93. The molecule has 2 aliphatic rings. The van der Waals surface area contributed by atoms with Crippen molar-refractivity contribution in [3.63, 3.8) is 0 Å². The van der Waals surface area contributed by atoms with E-state index in [0.717, 1.165) is 49.1 Å². The normalized spacial score (nSPS) is 25.7. The second-order valence-corrected chi connectivity index (χ2v) is 7.80. The number of piperidine rings is 1. The third kappa shape index (κ3) is 4.13. The molecule has 2 atom stereocenters. The molecule has 4 heterocycles. The Hall–Kier alpha value is -1.79. The van der Waals surface area contributed by atoms with Crippen LogP contribution < -0.4 is 4.90 Å². The lowest BCUT2D eigenvalue weighted by atomic mass is 9.93. The van der Waals surface area contributed by atoms with Crippen LogP contribution in [0.1, 0.15) is 33.1 Å². The zero-order chi connectivity index (χ0) is 17.9. The molecule has 2 saturated heterocycles. The lowest BCUT2D eigenvalue weighted by molar-refractivity contribution is -0.0690. The summed E-state index contributed by atoms with van der Waals surface area (Å²) in [6, 6.07) is 4.10. The molecule has 0 N–H and O–H groups in total. The molecule has 2 fully saturated rings. The molecule has 0 spiro atoms. The minimum absolute atomic E-state index is 0.364. The zero-order valence-electron chi connectivity index (χ0n) is 15.8. The molecule has 6 nitrogen and oxygen atoms in total. The van der Waals surface area contributed by atoms with Gasteiger partial charge in [-0.3, -0.25) is 9.88 Å². The third-order valence-electron chi connectivity index (χ3n) is 5.60. The highest BCUT2D eigenvalue weighted by Gasteiger charge is 2.24. The van der Waals surface area contributed by atoms with Crippen LogP contribution >= 0.6 is 0 Å². The molecular formula is C20H29N5O. The molecule has 6 heteroatoms. The summed E-state index contributed by atoms with van der Waals surface area (Å²) in [5, 5.41) is 0. The summed E-state index contributed by atoms with van der Waals surface area (Å²) in [7, 11) is 0. The van der Waals surface area contributed by atoms with Crippen molar-refractivity contribution in [3.05, 3.63) is 24.5 Å². The van der Waals surface area contributed by atoms with Crippen molar-refractivity contribution >= 4 is 17.0 Å². The minimum Gasteiger partial charge on any atom is -0.373 e. The summed E-state index contributed by atoms with van der Waals surface area (Å²) in [6.45, 7) is 9.88. The molecule has 0 bridgehead atoms. The molecule has 2 aliphatic heterocycles. The van der Waals surface area contributed by atoms with E-state index in [1.165, 1.54) is 25.8 Å². The molecule has 0 radical (unpaired) electrons. The SMILES string of the molecule is CC1CN(CCC2CCN(c3ccc4nccnc4n3)CC2)CC(C)O1. The van der Waals surface area contributed by atoms with Crippen molar-refractivity contribution in [2.24, 2.45) is 5.92 Å². The number of morpholine rings is 1. The number of ether oxygens (including phenoxy) is 1. The predicted molar refractivity (Wildman–Crippen MR) is 103 cm³/mol. The monoisotopic (exact) mass is 355 g/mol. The molecule has 2 unspecified atom stereocenters. The topological polar surface area (TPSA) is 54.4 Å². The summed E-state index contributed by atoms with van der Waals surface area (Å²) in [4.78, 5) is 18.3. The number of pyridine rings is 1. The highest BCUT2D eigenvalue weighted by Crippen LogP contribution is 2.25. The molecule has 4 rings (SSSR count). The summed E-state index contributed by atoms with van der Waals surface area (Å²) in [5.41, 5.74) is 1.60. The molecule has 26 heavy (non-hydrogen) atoms. The van der Waals surface area contributed by atoms with Gasteiger partial charge in [-0.1, -0.05) is 0 Å². The number of nitrogens with zero attached hydrogens (tertiary/aromatic N) is 5. The first-order valence-corrected chi connectivity index (χ1v) is 9.88. The van der Waals surface area contributed by atoms with Crippen LogP contribution in [0.5, 0.6) is 0 Å². The van der Waals surface area contributed by atoms with Crippen molar-refractivity contribution in [3.8, 4) is 0 Å². The molecule has 0 aliphatic carbocycles. The van der Waals surface area contributed by atoms with Crippen molar-refractivity contribution in [2.45, 2.75) is 45.3 Å². The molecule has 2 aromatic heterocycles. The Morgan fingerprint density at radius 2 is 1.77 bits per heavy atom. The van der Waals surface area contributed by atoms with Crippen LogP contribution in [0.4, 0.5) is 5.82 Å². The first kappa shape index (κ1) is 17.6. The van der Waals surface area contributed by atoms with Crippen LogP contribution in [0.3, 0.4) is 0 Å². The van der Waals surface area contributed by atoms with Crippen molar-refractivity contribution < 1.29 is 4.74 Å². The second kappa shape index (κ2) is 7.84. The fourth-order valence-electron chi connectivity index (χ4n) is 4.30. The maximum Gasteiger partial charge on any atom is 0.180 e. The highest BCUT2D eigenvalue weighted by molar-refractivity contribution is 5.71. The van der Waals surface area contributed by atoms with Gasteiger partial charge in [-0.2, -0.15) is 0 Å². The standard InChI is InChI=1S/C20H29N5O/c1-15-13-24(14-16(2)26-15)10-5-17-6-11-25(12-7-17)19-4-3-18-20(23-19)22-9-8-21-18/h3-4,8-9,15-17H,5-7,10-14H2,1-2H3. The van der Waals surface area contributed by atoms with Gasteiger partial charge in [0.15, 0.2) is 5.65 Å². The second-order valence-electron chi connectivity index (χ2n) is 7.80. The smallest absolute Gasteiger partial charge is 0.180 e. The van der Waals surface area contributed by atoms with E-state index < -0.39 is 0 Å². The van der Waals surface area contributed by atoms with E-state index in [9.17, 15) is 0 Å². The molecule has 0 aromatic carbocycles. The van der Waals surface area contributed by atoms with Crippen molar-refractivity contribution in [2.75, 3.05) is 37.6 Å². The van der Waals surface area contributed by atoms with Gasteiger partial charge in [0.1, 0.15) is 11.3 Å². The lowest BCUT2D eigenvalue weighted by Crippen LogP contribution is -2.46. The van der Waals surface area contributed by atoms with E-state index in [4.69, 9.17) is 9.72 Å². The molecule has 0 saturated carbocycles. The van der Waals surface area contributed by atoms with Crippen LogP contribution in [0.15, 0.2) is 24.5 Å². The first-order chi connectivity index (χ1) is 12.7. The van der Waals surface area contributed by atoms with E-state index in [0.29, 0.717) is 12.2 Å². The fourth-order valence-corrected chi connectivity index (χ4v) is 4.30. The van der Waals surface area contributed by atoms with Gasteiger partial charge < -0.3 is 9.64 Å². The van der Waals surface area contributed by atoms with E-state index in [2.05, 4.69) is 39.7 Å². The maximum absolute atomic E-state index is 5.84. The maximum atomic E-state index is 5.84. The number of fused-ring (bicyclic) bond motifs is 1. The van der Waals surface area contributed by atoms with Crippen LogP contribution in [-0.4, -0.2) is 64.8 Å². The van der Waals surface area contributed by atoms with E-state index in [-0.39, 0.29) is 0 Å². The first-order valence-electron chi connectivity index (χ1n) is 9.88. The van der Waals surface area contributed by atoms with Crippen LogP contribution in [-0.2, 0) is 4.74 Å². The third-order valence-corrected chi connectivity index (χ3v) is 5.60.